The maximum atomic E-state index is 9.36. The third-order valence-corrected chi connectivity index (χ3v) is 3.60. The van der Waals surface area contributed by atoms with Crippen LogP contribution in [0.1, 0.15) is 23.2 Å². The molecule has 1 saturated heterocycles. The first-order chi connectivity index (χ1) is 8.62. The zero-order valence-corrected chi connectivity index (χ0v) is 11.1. The third-order valence-electron chi connectivity index (χ3n) is 3.60. The molecule has 1 aromatic heterocycles. The molecule has 0 bridgehead atoms. The number of aryl methyl sites for hydroxylation is 1. The van der Waals surface area contributed by atoms with E-state index in [0.717, 1.165) is 29.0 Å². The minimum atomic E-state index is -0.419. The Morgan fingerprint density at radius 1 is 1.56 bits per heavy atom. The highest BCUT2D eigenvalue weighted by Gasteiger charge is 2.36. The van der Waals surface area contributed by atoms with Gasteiger partial charge in [0.05, 0.1) is 25.2 Å². The molecule has 0 aliphatic carbocycles. The van der Waals surface area contributed by atoms with Gasteiger partial charge in [0.1, 0.15) is 5.75 Å². The normalized spacial score (nSPS) is 22.8. The van der Waals surface area contributed by atoms with Crippen LogP contribution in [0.2, 0.25) is 0 Å². The van der Waals surface area contributed by atoms with Gasteiger partial charge in [0.25, 0.3) is 0 Å². The van der Waals surface area contributed by atoms with Gasteiger partial charge in [-0.05, 0) is 20.3 Å². The van der Waals surface area contributed by atoms with Crippen molar-refractivity contribution >= 4 is 0 Å². The summed E-state index contributed by atoms with van der Waals surface area (Å²) in [5.41, 5.74) is 2.56. The van der Waals surface area contributed by atoms with E-state index in [-0.39, 0.29) is 0 Å². The summed E-state index contributed by atoms with van der Waals surface area (Å²) in [5.74, 6) is 0.868. The van der Waals surface area contributed by atoms with Gasteiger partial charge in [-0.1, -0.05) is 0 Å². The van der Waals surface area contributed by atoms with Crippen molar-refractivity contribution in [3.63, 3.8) is 0 Å². The monoisotopic (exact) mass is 246 g/mol. The minimum absolute atomic E-state index is 0.419. The summed E-state index contributed by atoms with van der Waals surface area (Å²) in [4.78, 5) is 4.46. The number of pyridine rings is 1. The maximum Gasteiger partial charge on any atom is 0.128 e. The van der Waals surface area contributed by atoms with Crippen molar-refractivity contribution in [2.24, 2.45) is 5.41 Å². The van der Waals surface area contributed by atoms with E-state index in [1.165, 1.54) is 0 Å². The van der Waals surface area contributed by atoms with E-state index >= 15 is 0 Å². The summed E-state index contributed by atoms with van der Waals surface area (Å²) in [6.45, 7) is 5.13. The highest BCUT2D eigenvalue weighted by Crippen LogP contribution is 2.34. The van der Waals surface area contributed by atoms with Crippen molar-refractivity contribution in [3.05, 3.63) is 23.0 Å². The summed E-state index contributed by atoms with van der Waals surface area (Å²) >= 11 is 0. The van der Waals surface area contributed by atoms with Gasteiger partial charge in [-0.3, -0.25) is 4.98 Å². The first kappa shape index (κ1) is 12.8. The van der Waals surface area contributed by atoms with Crippen LogP contribution in [-0.2, 0) is 11.2 Å². The molecule has 2 heterocycles. The second-order valence-electron chi connectivity index (χ2n) is 4.92. The van der Waals surface area contributed by atoms with E-state index in [9.17, 15) is 5.26 Å². The zero-order valence-electron chi connectivity index (χ0n) is 11.1. The van der Waals surface area contributed by atoms with Crippen molar-refractivity contribution in [3.8, 4) is 11.8 Å². The van der Waals surface area contributed by atoms with E-state index in [2.05, 4.69) is 11.1 Å². The van der Waals surface area contributed by atoms with Gasteiger partial charge in [0.2, 0.25) is 0 Å². The first-order valence-electron chi connectivity index (χ1n) is 6.10. The van der Waals surface area contributed by atoms with Crippen LogP contribution >= 0.6 is 0 Å². The average molecular weight is 246 g/mol. The second kappa shape index (κ2) is 4.95. The molecule has 1 unspecified atom stereocenters. The molecular weight excluding hydrogens is 228 g/mol. The summed E-state index contributed by atoms with van der Waals surface area (Å²) < 4.78 is 10.8. The molecule has 4 nitrogen and oxygen atoms in total. The maximum absolute atomic E-state index is 9.36. The summed E-state index contributed by atoms with van der Waals surface area (Å²) in [6, 6.07) is 2.40. The van der Waals surface area contributed by atoms with Gasteiger partial charge < -0.3 is 9.47 Å². The Kier molecular flexibility index (Phi) is 3.53. The van der Waals surface area contributed by atoms with E-state index in [1.54, 1.807) is 7.11 Å². The van der Waals surface area contributed by atoms with Crippen LogP contribution in [-0.4, -0.2) is 25.3 Å². The standard InChI is InChI=1S/C14H18N2O2/c1-10-7-16-12(11(2)13(10)17-3)6-14(8-15)4-5-18-9-14/h7H,4-6,9H2,1-3H3. The van der Waals surface area contributed by atoms with Gasteiger partial charge >= 0.3 is 0 Å². The molecule has 96 valence electrons. The molecule has 0 N–H and O–H groups in total. The Balaban J connectivity index is 2.32. The summed E-state index contributed by atoms with van der Waals surface area (Å²) in [6.07, 6.45) is 3.22. The third kappa shape index (κ3) is 2.19. The first-order valence-corrected chi connectivity index (χ1v) is 6.10. The van der Waals surface area contributed by atoms with Crippen molar-refractivity contribution in [2.45, 2.75) is 26.7 Å². The van der Waals surface area contributed by atoms with E-state index in [0.29, 0.717) is 19.6 Å². The molecule has 1 aliphatic rings. The molecule has 1 atom stereocenters. The lowest BCUT2D eigenvalue weighted by Gasteiger charge is -2.20. The van der Waals surface area contributed by atoms with Gasteiger partial charge in [0.15, 0.2) is 0 Å². The Labute approximate surface area is 108 Å². The highest BCUT2D eigenvalue weighted by molar-refractivity contribution is 5.41. The van der Waals surface area contributed by atoms with Crippen molar-refractivity contribution < 1.29 is 9.47 Å². The molecule has 0 radical (unpaired) electrons. The molecular formula is C14H18N2O2. The molecule has 0 saturated carbocycles. The smallest absolute Gasteiger partial charge is 0.128 e. The van der Waals surface area contributed by atoms with Crippen molar-refractivity contribution in [2.75, 3.05) is 20.3 Å². The zero-order chi connectivity index (χ0) is 13.2. The van der Waals surface area contributed by atoms with Crippen molar-refractivity contribution in [1.82, 2.24) is 4.98 Å². The van der Waals surface area contributed by atoms with Crippen molar-refractivity contribution in [1.29, 1.82) is 5.26 Å². The molecule has 0 amide bonds. The van der Waals surface area contributed by atoms with Gasteiger partial charge in [-0.15, -0.1) is 0 Å². The lowest BCUT2D eigenvalue weighted by atomic mass is 9.83. The Morgan fingerprint density at radius 3 is 2.89 bits per heavy atom. The number of rotatable bonds is 3. The molecule has 0 spiro atoms. The van der Waals surface area contributed by atoms with Crippen LogP contribution in [0.25, 0.3) is 0 Å². The predicted molar refractivity (Wildman–Crippen MR) is 67.4 cm³/mol. The summed E-state index contributed by atoms with van der Waals surface area (Å²) in [5, 5.41) is 9.36. The number of nitriles is 1. The molecule has 2 rings (SSSR count). The number of methoxy groups -OCH3 is 1. The molecule has 4 heteroatoms. The lowest BCUT2D eigenvalue weighted by Crippen LogP contribution is -2.23. The topological polar surface area (TPSA) is 55.1 Å². The Morgan fingerprint density at radius 2 is 2.33 bits per heavy atom. The van der Waals surface area contributed by atoms with E-state index in [4.69, 9.17) is 9.47 Å². The molecule has 0 aromatic carbocycles. The molecule has 1 aliphatic heterocycles. The predicted octanol–water partition coefficient (Wildman–Crippen LogP) is 2.18. The molecule has 1 fully saturated rings. The SMILES string of the molecule is COc1c(C)cnc(CC2(C#N)CCOC2)c1C. The number of hydrogen-bond donors (Lipinski definition) is 0. The second-order valence-corrected chi connectivity index (χ2v) is 4.92. The van der Waals surface area contributed by atoms with Gasteiger partial charge in [-0.25, -0.2) is 0 Å². The quantitative estimate of drug-likeness (QED) is 0.820. The lowest BCUT2D eigenvalue weighted by molar-refractivity contribution is 0.171. The van der Waals surface area contributed by atoms with Crippen LogP contribution in [0.5, 0.6) is 5.75 Å². The Hall–Kier alpha value is -1.60. The number of aromatic nitrogens is 1. The average Bonchev–Trinajstić information content (AvgIpc) is 2.83. The van der Waals surface area contributed by atoms with Crippen LogP contribution in [0.15, 0.2) is 6.20 Å². The molecule has 18 heavy (non-hydrogen) atoms. The molecule has 1 aromatic rings. The van der Waals surface area contributed by atoms with Gasteiger partial charge in [0, 0.05) is 36.0 Å². The van der Waals surface area contributed by atoms with E-state index in [1.807, 2.05) is 20.0 Å². The van der Waals surface area contributed by atoms with E-state index < -0.39 is 5.41 Å². The largest absolute Gasteiger partial charge is 0.496 e. The minimum Gasteiger partial charge on any atom is -0.496 e. The van der Waals surface area contributed by atoms with Crippen LogP contribution in [0, 0.1) is 30.6 Å². The van der Waals surface area contributed by atoms with Crippen LogP contribution in [0.4, 0.5) is 0 Å². The van der Waals surface area contributed by atoms with Crippen LogP contribution < -0.4 is 4.74 Å². The number of hydrogen-bond acceptors (Lipinski definition) is 4. The highest BCUT2D eigenvalue weighted by atomic mass is 16.5. The Bertz CT molecular complexity index is 485. The number of nitrogens with zero attached hydrogens (tertiary/aromatic N) is 2. The fraction of sp³-hybridized carbons (Fsp3) is 0.571. The van der Waals surface area contributed by atoms with Gasteiger partial charge in [-0.2, -0.15) is 5.26 Å². The fourth-order valence-corrected chi connectivity index (χ4v) is 2.44. The van der Waals surface area contributed by atoms with Crippen LogP contribution in [0.3, 0.4) is 0 Å². The fourth-order valence-electron chi connectivity index (χ4n) is 2.44. The summed E-state index contributed by atoms with van der Waals surface area (Å²) in [7, 11) is 1.66. The number of ether oxygens (including phenoxy) is 2.